The summed E-state index contributed by atoms with van der Waals surface area (Å²) >= 11 is 6.11. The number of amides is 1. The average molecular weight is 446 g/mol. The first-order chi connectivity index (χ1) is 14.2. The highest BCUT2D eigenvalue weighted by Gasteiger charge is 2.32. The molecule has 1 aliphatic heterocycles. The minimum Gasteiger partial charge on any atom is -0.354 e. The molecule has 158 valence electrons. The van der Waals surface area contributed by atoms with E-state index in [0.29, 0.717) is 29.1 Å². The minimum atomic E-state index is -3.72. The topological polar surface area (TPSA) is 87.6 Å². The fourth-order valence-electron chi connectivity index (χ4n) is 3.21. The maximum atomic E-state index is 12.6. The fraction of sp³-hybridized carbons (Fsp3) is 0.273. The van der Waals surface area contributed by atoms with E-state index in [-0.39, 0.29) is 23.2 Å². The van der Waals surface area contributed by atoms with Crippen molar-refractivity contribution in [2.45, 2.75) is 27.2 Å². The van der Waals surface area contributed by atoms with Gasteiger partial charge in [0.05, 0.1) is 0 Å². The molecular weight excluding hydrogens is 422 g/mol. The molecule has 30 heavy (non-hydrogen) atoms. The number of aryl methyl sites for hydroxylation is 2. The Labute approximate surface area is 182 Å². The van der Waals surface area contributed by atoms with Crippen molar-refractivity contribution in [1.82, 2.24) is 10.0 Å². The van der Waals surface area contributed by atoms with Gasteiger partial charge in [0.25, 0.3) is 10.0 Å². The summed E-state index contributed by atoms with van der Waals surface area (Å²) in [7, 11) is -3.72. The van der Waals surface area contributed by atoms with Gasteiger partial charge in [0.2, 0.25) is 5.91 Å². The normalized spacial score (nSPS) is 16.6. The highest BCUT2D eigenvalue weighted by Crippen LogP contribution is 2.30. The van der Waals surface area contributed by atoms with Crippen molar-refractivity contribution in [1.29, 1.82) is 0 Å². The first kappa shape index (κ1) is 22.1. The molecule has 0 fully saturated rings. The van der Waals surface area contributed by atoms with Crippen molar-refractivity contribution in [3.63, 3.8) is 0 Å². The molecule has 0 saturated carbocycles. The SMILES string of the molecule is CC1=C(c2ccc(C)c(C)c2)S(=O)(=O)NC1=NCC(=O)NCCc1ccccc1Cl. The van der Waals surface area contributed by atoms with Crippen LogP contribution in [-0.4, -0.2) is 33.3 Å². The molecule has 0 atom stereocenters. The molecular formula is C22H24ClN3O3S. The first-order valence-electron chi connectivity index (χ1n) is 9.55. The number of rotatable bonds is 6. The van der Waals surface area contributed by atoms with E-state index in [4.69, 9.17) is 11.6 Å². The van der Waals surface area contributed by atoms with Crippen molar-refractivity contribution in [2.75, 3.05) is 13.1 Å². The second-order valence-corrected chi connectivity index (χ2v) is 9.24. The molecule has 1 heterocycles. The van der Waals surface area contributed by atoms with Crippen molar-refractivity contribution in [2.24, 2.45) is 4.99 Å². The molecule has 0 aromatic heterocycles. The van der Waals surface area contributed by atoms with Gasteiger partial charge < -0.3 is 5.32 Å². The van der Waals surface area contributed by atoms with E-state index in [1.165, 1.54) is 0 Å². The standard InChI is InChI=1S/C22H24ClN3O3S/c1-14-8-9-18(12-15(14)2)21-16(3)22(26-30(21,28)29)25-13-20(27)24-11-10-17-6-4-5-7-19(17)23/h4-9,12H,10-11,13H2,1-3H3,(H,24,27)(H,25,26). The predicted octanol–water partition coefficient (Wildman–Crippen LogP) is 3.38. The Balaban J connectivity index is 1.68. The van der Waals surface area contributed by atoms with Crippen LogP contribution in [0, 0.1) is 13.8 Å². The smallest absolute Gasteiger partial charge is 0.264 e. The molecule has 1 amide bonds. The first-order valence-corrected chi connectivity index (χ1v) is 11.4. The second-order valence-electron chi connectivity index (χ2n) is 7.21. The van der Waals surface area contributed by atoms with Crippen molar-refractivity contribution >= 4 is 38.3 Å². The van der Waals surface area contributed by atoms with E-state index in [2.05, 4.69) is 15.0 Å². The zero-order chi connectivity index (χ0) is 21.9. The number of nitrogens with one attached hydrogen (secondary N) is 2. The van der Waals surface area contributed by atoms with Gasteiger partial charge in [-0.2, -0.15) is 0 Å². The van der Waals surface area contributed by atoms with Crippen LogP contribution >= 0.6 is 11.6 Å². The Hall–Kier alpha value is -2.64. The van der Waals surface area contributed by atoms with Gasteiger partial charge in [0, 0.05) is 17.1 Å². The molecule has 3 rings (SSSR count). The van der Waals surface area contributed by atoms with Gasteiger partial charge in [0.15, 0.2) is 0 Å². The van der Waals surface area contributed by atoms with E-state index >= 15 is 0 Å². The summed E-state index contributed by atoms with van der Waals surface area (Å²) in [6.45, 7) is 5.85. The highest BCUT2D eigenvalue weighted by molar-refractivity contribution is 8.00. The third-order valence-corrected chi connectivity index (χ3v) is 6.93. The van der Waals surface area contributed by atoms with Gasteiger partial charge in [-0.05, 0) is 55.5 Å². The second kappa shape index (κ2) is 9.02. The molecule has 1 aliphatic rings. The number of hydrogen-bond acceptors (Lipinski definition) is 4. The molecule has 2 aromatic rings. The van der Waals surface area contributed by atoms with Crippen LogP contribution < -0.4 is 10.0 Å². The van der Waals surface area contributed by atoms with Crippen LogP contribution in [0.1, 0.15) is 29.2 Å². The number of hydrogen-bond donors (Lipinski definition) is 2. The van der Waals surface area contributed by atoms with E-state index < -0.39 is 10.0 Å². The Kier molecular flexibility index (Phi) is 6.63. The van der Waals surface area contributed by atoms with E-state index in [1.807, 2.05) is 44.2 Å². The number of amidine groups is 1. The largest absolute Gasteiger partial charge is 0.354 e. The van der Waals surface area contributed by atoms with Gasteiger partial charge in [-0.15, -0.1) is 0 Å². The van der Waals surface area contributed by atoms with Crippen molar-refractivity contribution in [3.05, 3.63) is 75.3 Å². The monoisotopic (exact) mass is 445 g/mol. The number of carbonyl (C=O) groups excluding carboxylic acids is 1. The third-order valence-electron chi connectivity index (χ3n) is 5.02. The summed E-state index contributed by atoms with van der Waals surface area (Å²) in [5.41, 5.74) is 4.15. The lowest BCUT2D eigenvalue weighted by atomic mass is 10.0. The quantitative estimate of drug-likeness (QED) is 0.714. The Bertz CT molecular complexity index is 1150. The summed E-state index contributed by atoms with van der Waals surface area (Å²) < 4.78 is 27.7. The Morgan fingerprint density at radius 3 is 2.53 bits per heavy atom. The van der Waals surface area contributed by atoms with Gasteiger partial charge in [-0.3, -0.25) is 14.5 Å². The molecule has 2 aromatic carbocycles. The Morgan fingerprint density at radius 2 is 1.83 bits per heavy atom. The highest BCUT2D eigenvalue weighted by atomic mass is 35.5. The zero-order valence-electron chi connectivity index (χ0n) is 17.1. The predicted molar refractivity (Wildman–Crippen MR) is 121 cm³/mol. The average Bonchev–Trinajstić information content (AvgIpc) is 2.92. The molecule has 0 radical (unpaired) electrons. The van der Waals surface area contributed by atoms with E-state index in [1.54, 1.807) is 19.1 Å². The Morgan fingerprint density at radius 1 is 1.10 bits per heavy atom. The lowest BCUT2D eigenvalue weighted by molar-refractivity contribution is -0.119. The van der Waals surface area contributed by atoms with Crippen LogP contribution in [0.3, 0.4) is 0 Å². The summed E-state index contributed by atoms with van der Waals surface area (Å²) in [5, 5.41) is 3.44. The number of sulfonamides is 1. The lowest BCUT2D eigenvalue weighted by Gasteiger charge is -2.06. The zero-order valence-corrected chi connectivity index (χ0v) is 18.7. The summed E-state index contributed by atoms with van der Waals surface area (Å²) in [6, 6.07) is 13.0. The van der Waals surface area contributed by atoms with Gasteiger partial charge in [-0.1, -0.05) is 48.0 Å². The molecule has 8 heteroatoms. The molecule has 0 unspecified atom stereocenters. The molecule has 0 saturated heterocycles. The molecule has 0 spiro atoms. The van der Waals surface area contributed by atoms with Gasteiger partial charge >= 0.3 is 0 Å². The van der Waals surface area contributed by atoms with Crippen LogP contribution in [0.2, 0.25) is 5.02 Å². The van der Waals surface area contributed by atoms with Crippen LogP contribution in [0.4, 0.5) is 0 Å². The third kappa shape index (κ3) is 4.91. The summed E-state index contributed by atoms with van der Waals surface area (Å²) in [6.07, 6.45) is 0.602. The van der Waals surface area contributed by atoms with Crippen LogP contribution in [0.25, 0.3) is 4.91 Å². The van der Waals surface area contributed by atoms with Crippen LogP contribution in [0.15, 0.2) is 53.0 Å². The van der Waals surface area contributed by atoms with Crippen molar-refractivity contribution in [3.8, 4) is 0 Å². The fourth-order valence-corrected chi connectivity index (χ4v) is 4.96. The molecule has 6 nitrogen and oxygen atoms in total. The van der Waals surface area contributed by atoms with Crippen molar-refractivity contribution < 1.29 is 13.2 Å². The number of aliphatic imine (C=N–C) groups is 1. The van der Waals surface area contributed by atoms with Crippen LogP contribution in [-0.2, 0) is 21.2 Å². The maximum absolute atomic E-state index is 12.6. The van der Waals surface area contributed by atoms with Crippen LogP contribution in [0.5, 0.6) is 0 Å². The number of nitrogens with zero attached hydrogens (tertiary/aromatic N) is 1. The molecule has 2 N–H and O–H groups in total. The van der Waals surface area contributed by atoms with E-state index in [0.717, 1.165) is 16.7 Å². The maximum Gasteiger partial charge on any atom is 0.264 e. The molecule has 0 bridgehead atoms. The van der Waals surface area contributed by atoms with Gasteiger partial charge in [-0.25, -0.2) is 8.42 Å². The summed E-state index contributed by atoms with van der Waals surface area (Å²) in [4.78, 5) is 16.5. The van der Waals surface area contributed by atoms with Gasteiger partial charge in [0.1, 0.15) is 17.3 Å². The number of carbonyl (C=O) groups is 1. The molecule has 0 aliphatic carbocycles. The number of benzene rings is 2. The van der Waals surface area contributed by atoms with E-state index in [9.17, 15) is 13.2 Å². The summed E-state index contributed by atoms with van der Waals surface area (Å²) in [5.74, 6) is -0.0920. The number of halogens is 1. The lowest BCUT2D eigenvalue weighted by Crippen LogP contribution is -2.30. The minimum absolute atomic E-state index is 0.169.